The van der Waals surface area contributed by atoms with Crippen LogP contribution in [0, 0.1) is 0 Å². The fourth-order valence-corrected chi connectivity index (χ4v) is 3.63. The molecule has 0 spiro atoms. The van der Waals surface area contributed by atoms with Crippen LogP contribution in [0.4, 0.5) is 10.8 Å². The zero-order valence-electron chi connectivity index (χ0n) is 12.6. The van der Waals surface area contributed by atoms with Crippen molar-refractivity contribution < 1.29 is 9.53 Å². The summed E-state index contributed by atoms with van der Waals surface area (Å²) in [6.07, 6.45) is 0. The molecule has 1 aromatic carbocycles. The molecule has 0 radical (unpaired) electrons. The van der Waals surface area contributed by atoms with E-state index in [0.717, 1.165) is 16.0 Å². The number of carbonyl (C=O) groups is 1. The van der Waals surface area contributed by atoms with E-state index in [-0.39, 0.29) is 11.2 Å². The third-order valence-corrected chi connectivity index (χ3v) is 4.81. The topological polar surface area (TPSA) is 76.1 Å². The van der Waals surface area contributed by atoms with Crippen LogP contribution in [0.3, 0.4) is 0 Å². The molecule has 0 saturated carbocycles. The highest BCUT2D eigenvalue weighted by molar-refractivity contribution is 8.02. The monoisotopic (exact) mass is 338 g/mol. The summed E-state index contributed by atoms with van der Waals surface area (Å²) in [5.74, 6) is 0.535. The number of benzene rings is 1. The van der Waals surface area contributed by atoms with E-state index < -0.39 is 0 Å². The van der Waals surface area contributed by atoms with E-state index >= 15 is 0 Å². The average molecular weight is 338 g/mol. The largest absolute Gasteiger partial charge is 0.495 e. The van der Waals surface area contributed by atoms with E-state index in [2.05, 4.69) is 20.8 Å². The van der Waals surface area contributed by atoms with E-state index in [1.54, 1.807) is 13.2 Å². The Morgan fingerprint density at radius 1 is 1.41 bits per heavy atom. The quantitative estimate of drug-likeness (QED) is 0.756. The minimum absolute atomic E-state index is 0.102. The van der Waals surface area contributed by atoms with Gasteiger partial charge in [-0.2, -0.15) is 0 Å². The Hall–Kier alpha value is -1.80. The molecule has 1 atom stereocenters. The molecule has 1 amide bonds. The number of thioether (sulfide) groups is 1. The maximum Gasteiger partial charge on any atom is 0.237 e. The van der Waals surface area contributed by atoms with Gasteiger partial charge in [-0.15, -0.1) is 10.2 Å². The Morgan fingerprint density at radius 3 is 2.91 bits per heavy atom. The lowest BCUT2D eigenvalue weighted by atomic mass is 10.3. The highest BCUT2D eigenvalue weighted by atomic mass is 32.2. The molecule has 0 saturated heterocycles. The van der Waals surface area contributed by atoms with Crippen LogP contribution in [0.25, 0.3) is 0 Å². The summed E-state index contributed by atoms with van der Waals surface area (Å²) in [6, 6.07) is 7.32. The van der Waals surface area contributed by atoms with Crippen LogP contribution < -0.4 is 15.4 Å². The van der Waals surface area contributed by atoms with Crippen molar-refractivity contribution in [1.82, 2.24) is 10.2 Å². The second-order valence-corrected chi connectivity index (χ2v) is 6.92. The predicted octanol–water partition coefficient (Wildman–Crippen LogP) is 3.10. The third-order valence-electron chi connectivity index (χ3n) is 2.75. The van der Waals surface area contributed by atoms with Crippen LogP contribution in [-0.4, -0.2) is 35.0 Å². The maximum atomic E-state index is 12.3. The van der Waals surface area contributed by atoms with Crippen LogP contribution in [0.2, 0.25) is 0 Å². The minimum atomic E-state index is -0.285. The number of para-hydroxylation sites is 2. The second kappa shape index (κ2) is 8.00. The number of amides is 1. The van der Waals surface area contributed by atoms with E-state index in [1.165, 1.54) is 23.1 Å². The van der Waals surface area contributed by atoms with Gasteiger partial charge in [0.05, 0.1) is 18.0 Å². The summed E-state index contributed by atoms with van der Waals surface area (Å²) < 4.78 is 5.99. The number of nitrogens with zero attached hydrogens (tertiary/aromatic N) is 2. The smallest absolute Gasteiger partial charge is 0.237 e. The maximum absolute atomic E-state index is 12.3. The zero-order chi connectivity index (χ0) is 15.9. The first-order valence-electron chi connectivity index (χ1n) is 6.82. The minimum Gasteiger partial charge on any atom is -0.495 e. The van der Waals surface area contributed by atoms with Crippen molar-refractivity contribution in [2.45, 2.75) is 23.4 Å². The average Bonchev–Trinajstić information content (AvgIpc) is 2.95. The molecule has 2 aromatic rings. The Labute approximate surface area is 137 Å². The summed E-state index contributed by atoms with van der Waals surface area (Å²) >= 11 is 2.83. The van der Waals surface area contributed by atoms with Crippen molar-refractivity contribution in [1.29, 1.82) is 0 Å². The second-order valence-electron chi connectivity index (χ2n) is 4.35. The van der Waals surface area contributed by atoms with Gasteiger partial charge < -0.3 is 15.4 Å². The van der Waals surface area contributed by atoms with Crippen LogP contribution in [0.1, 0.15) is 13.8 Å². The number of rotatable bonds is 7. The van der Waals surface area contributed by atoms with Gasteiger partial charge in [-0.05, 0) is 26.0 Å². The number of hydrogen-bond acceptors (Lipinski definition) is 7. The number of aromatic nitrogens is 2. The molecule has 2 N–H and O–H groups in total. The molecule has 0 aliphatic rings. The van der Waals surface area contributed by atoms with E-state index in [4.69, 9.17) is 4.74 Å². The van der Waals surface area contributed by atoms with Gasteiger partial charge in [0.2, 0.25) is 11.0 Å². The van der Waals surface area contributed by atoms with Gasteiger partial charge in [-0.25, -0.2) is 0 Å². The van der Waals surface area contributed by atoms with Gasteiger partial charge in [0.1, 0.15) is 5.75 Å². The Bertz CT molecular complexity index is 633. The SMILES string of the molecule is CCNc1nnc(S[C@@H](C)C(=O)Nc2ccccc2OC)s1. The third kappa shape index (κ3) is 4.35. The lowest BCUT2D eigenvalue weighted by Crippen LogP contribution is -2.22. The molecule has 0 aliphatic carbocycles. The number of anilines is 2. The lowest BCUT2D eigenvalue weighted by Gasteiger charge is -2.12. The van der Waals surface area contributed by atoms with Gasteiger partial charge in [0, 0.05) is 6.54 Å². The normalized spacial score (nSPS) is 11.8. The summed E-state index contributed by atoms with van der Waals surface area (Å²) in [5, 5.41) is 14.5. The highest BCUT2D eigenvalue weighted by Gasteiger charge is 2.18. The summed E-state index contributed by atoms with van der Waals surface area (Å²) in [4.78, 5) is 12.3. The van der Waals surface area contributed by atoms with Gasteiger partial charge in [0.15, 0.2) is 4.34 Å². The van der Waals surface area contributed by atoms with Crippen molar-refractivity contribution in [3.05, 3.63) is 24.3 Å². The van der Waals surface area contributed by atoms with Crippen LogP contribution in [0.5, 0.6) is 5.75 Å². The zero-order valence-corrected chi connectivity index (χ0v) is 14.3. The first-order valence-corrected chi connectivity index (χ1v) is 8.51. The number of hydrogen-bond donors (Lipinski definition) is 2. The highest BCUT2D eigenvalue weighted by Crippen LogP contribution is 2.30. The molecule has 8 heteroatoms. The molecule has 0 bridgehead atoms. The van der Waals surface area contributed by atoms with E-state index in [0.29, 0.717) is 11.4 Å². The fraction of sp³-hybridized carbons (Fsp3) is 0.357. The molecule has 118 valence electrons. The first-order chi connectivity index (χ1) is 10.6. The Kier molecular flexibility index (Phi) is 6.02. The van der Waals surface area contributed by atoms with Gasteiger partial charge in [-0.1, -0.05) is 35.2 Å². The van der Waals surface area contributed by atoms with Crippen LogP contribution in [-0.2, 0) is 4.79 Å². The van der Waals surface area contributed by atoms with Crippen LogP contribution >= 0.6 is 23.1 Å². The molecule has 22 heavy (non-hydrogen) atoms. The molecule has 6 nitrogen and oxygen atoms in total. The lowest BCUT2D eigenvalue weighted by molar-refractivity contribution is -0.115. The summed E-state index contributed by atoms with van der Waals surface area (Å²) in [7, 11) is 1.58. The molecular formula is C14H18N4O2S2. The van der Waals surface area contributed by atoms with Crippen molar-refractivity contribution in [3.63, 3.8) is 0 Å². The van der Waals surface area contributed by atoms with Crippen LogP contribution in [0.15, 0.2) is 28.6 Å². The summed E-state index contributed by atoms with van der Waals surface area (Å²) in [5.41, 5.74) is 0.660. The number of nitrogens with one attached hydrogen (secondary N) is 2. The molecule has 0 unspecified atom stereocenters. The number of carbonyl (C=O) groups excluding carboxylic acids is 1. The Morgan fingerprint density at radius 2 is 2.18 bits per heavy atom. The van der Waals surface area contributed by atoms with Gasteiger partial charge >= 0.3 is 0 Å². The van der Waals surface area contributed by atoms with E-state index in [1.807, 2.05) is 32.0 Å². The van der Waals surface area contributed by atoms with E-state index in [9.17, 15) is 4.79 Å². The molecular weight excluding hydrogens is 320 g/mol. The standard InChI is InChI=1S/C14H18N4O2S2/c1-4-15-13-17-18-14(22-13)21-9(2)12(19)16-10-7-5-6-8-11(10)20-3/h5-9H,4H2,1-3H3,(H,15,17)(H,16,19)/t9-/m0/s1. The molecule has 1 heterocycles. The molecule has 0 fully saturated rings. The molecule has 2 rings (SSSR count). The first kappa shape index (κ1) is 16.6. The van der Waals surface area contributed by atoms with Crippen molar-refractivity contribution in [3.8, 4) is 5.75 Å². The van der Waals surface area contributed by atoms with Crippen molar-refractivity contribution in [2.75, 3.05) is 24.3 Å². The Balaban J connectivity index is 1.96. The number of methoxy groups -OCH3 is 1. The molecule has 0 aliphatic heterocycles. The van der Waals surface area contributed by atoms with Gasteiger partial charge in [-0.3, -0.25) is 4.79 Å². The fourth-order valence-electron chi connectivity index (χ4n) is 1.67. The van der Waals surface area contributed by atoms with Gasteiger partial charge in [0.25, 0.3) is 0 Å². The van der Waals surface area contributed by atoms with Crippen molar-refractivity contribution >= 4 is 39.8 Å². The predicted molar refractivity (Wildman–Crippen MR) is 91.0 cm³/mol. The van der Waals surface area contributed by atoms with Crippen molar-refractivity contribution in [2.24, 2.45) is 0 Å². The molecule has 1 aromatic heterocycles. The summed E-state index contributed by atoms with van der Waals surface area (Å²) in [6.45, 7) is 4.63. The number of ether oxygens (including phenoxy) is 1.